The van der Waals surface area contributed by atoms with Gasteiger partial charge in [0.15, 0.2) is 0 Å². The van der Waals surface area contributed by atoms with E-state index < -0.39 is 5.82 Å². The maximum atomic E-state index is 13.0. The standard InChI is InChI=1S/C16H10ClFN2O/c17-13-9-10(18)5-6-15(13)20-16(21)12-7-8-19-14-4-2-1-3-11(12)14/h1-9H,(H,20,21). The Morgan fingerprint density at radius 2 is 1.95 bits per heavy atom. The van der Waals surface area contributed by atoms with Crippen molar-refractivity contribution < 1.29 is 9.18 Å². The summed E-state index contributed by atoms with van der Waals surface area (Å²) < 4.78 is 13.0. The number of halogens is 2. The van der Waals surface area contributed by atoms with Crippen LogP contribution in [0.25, 0.3) is 10.9 Å². The van der Waals surface area contributed by atoms with E-state index in [1.807, 2.05) is 24.3 Å². The molecule has 2 aromatic carbocycles. The van der Waals surface area contributed by atoms with Crippen LogP contribution in [0, 0.1) is 5.82 Å². The van der Waals surface area contributed by atoms with Gasteiger partial charge in [-0.2, -0.15) is 0 Å². The fourth-order valence-corrected chi connectivity index (χ4v) is 2.29. The number of carbonyl (C=O) groups excluding carboxylic acids is 1. The number of amides is 1. The van der Waals surface area contributed by atoms with E-state index in [0.717, 1.165) is 17.0 Å². The fourth-order valence-electron chi connectivity index (χ4n) is 2.07. The molecule has 0 unspecified atom stereocenters. The van der Waals surface area contributed by atoms with Gasteiger partial charge in [-0.25, -0.2) is 4.39 Å². The van der Waals surface area contributed by atoms with Crippen molar-refractivity contribution in [3.8, 4) is 0 Å². The van der Waals surface area contributed by atoms with E-state index in [9.17, 15) is 9.18 Å². The highest BCUT2D eigenvalue weighted by Crippen LogP contribution is 2.24. The van der Waals surface area contributed by atoms with Crippen LogP contribution in [0.15, 0.2) is 54.7 Å². The smallest absolute Gasteiger partial charge is 0.256 e. The first-order valence-corrected chi connectivity index (χ1v) is 6.63. The minimum absolute atomic E-state index is 0.154. The molecule has 5 heteroatoms. The Hall–Kier alpha value is -2.46. The summed E-state index contributed by atoms with van der Waals surface area (Å²) in [4.78, 5) is 16.6. The topological polar surface area (TPSA) is 42.0 Å². The summed E-state index contributed by atoms with van der Waals surface area (Å²) in [5.41, 5.74) is 1.58. The number of pyridine rings is 1. The van der Waals surface area contributed by atoms with Crippen molar-refractivity contribution in [3.63, 3.8) is 0 Å². The Labute approximate surface area is 125 Å². The van der Waals surface area contributed by atoms with Crippen LogP contribution >= 0.6 is 11.6 Å². The van der Waals surface area contributed by atoms with Crippen molar-refractivity contribution in [1.29, 1.82) is 0 Å². The molecule has 0 aliphatic carbocycles. The highest BCUT2D eigenvalue weighted by atomic mass is 35.5. The number of anilines is 1. The predicted octanol–water partition coefficient (Wildman–Crippen LogP) is 4.28. The van der Waals surface area contributed by atoms with Crippen LogP contribution in [0.1, 0.15) is 10.4 Å². The average Bonchev–Trinajstić information content (AvgIpc) is 2.49. The molecule has 0 radical (unpaired) electrons. The van der Waals surface area contributed by atoms with Crippen molar-refractivity contribution in [1.82, 2.24) is 4.98 Å². The van der Waals surface area contributed by atoms with E-state index in [1.165, 1.54) is 12.1 Å². The van der Waals surface area contributed by atoms with Gasteiger partial charge in [-0.1, -0.05) is 29.8 Å². The van der Waals surface area contributed by atoms with Crippen molar-refractivity contribution in [3.05, 3.63) is 71.1 Å². The minimum atomic E-state index is -0.452. The maximum Gasteiger partial charge on any atom is 0.256 e. The van der Waals surface area contributed by atoms with E-state index in [4.69, 9.17) is 11.6 Å². The van der Waals surface area contributed by atoms with Crippen LogP contribution in [0.2, 0.25) is 5.02 Å². The number of para-hydroxylation sites is 1. The number of hydrogen-bond acceptors (Lipinski definition) is 2. The van der Waals surface area contributed by atoms with Crippen LogP contribution in [-0.4, -0.2) is 10.9 Å². The van der Waals surface area contributed by atoms with Gasteiger partial charge in [0, 0.05) is 11.6 Å². The van der Waals surface area contributed by atoms with Gasteiger partial charge in [0.2, 0.25) is 0 Å². The van der Waals surface area contributed by atoms with Gasteiger partial charge in [-0.3, -0.25) is 9.78 Å². The van der Waals surface area contributed by atoms with Crippen molar-refractivity contribution in [2.75, 3.05) is 5.32 Å². The molecule has 1 aromatic heterocycles. The molecular formula is C16H10ClFN2O. The largest absolute Gasteiger partial charge is 0.321 e. The molecule has 0 saturated carbocycles. The Morgan fingerprint density at radius 3 is 2.76 bits per heavy atom. The van der Waals surface area contributed by atoms with E-state index in [2.05, 4.69) is 10.3 Å². The zero-order chi connectivity index (χ0) is 14.8. The number of fused-ring (bicyclic) bond motifs is 1. The molecule has 21 heavy (non-hydrogen) atoms. The molecule has 0 atom stereocenters. The Kier molecular flexibility index (Phi) is 3.54. The molecule has 0 fully saturated rings. The second-order valence-electron chi connectivity index (χ2n) is 4.45. The molecule has 1 amide bonds. The lowest BCUT2D eigenvalue weighted by molar-refractivity contribution is 0.102. The number of aromatic nitrogens is 1. The second-order valence-corrected chi connectivity index (χ2v) is 4.86. The van der Waals surface area contributed by atoms with Crippen LogP contribution in [-0.2, 0) is 0 Å². The van der Waals surface area contributed by atoms with Crippen LogP contribution < -0.4 is 5.32 Å². The number of nitrogens with zero attached hydrogens (tertiary/aromatic N) is 1. The maximum absolute atomic E-state index is 13.0. The first kappa shape index (κ1) is 13.5. The summed E-state index contributed by atoms with van der Waals surface area (Å²) in [6, 6.07) is 12.8. The van der Waals surface area contributed by atoms with Gasteiger partial charge < -0.3 is 5.32 Å². The van der Waals surface area contributed by atoms with Gasteiger partial charge in [0.25, 0.3) is 5.91 Å². The number of benzene rings is 2. The van der Waals surface area contributed by atoms with Crippen molar-refractivity contribution in [2.24, 2.45) is 0 Å². The van der Waals surface area contributed by atoms with Crippen LogP contribution in [0.3, 0.4) is 0 Å². The van der Waals surface area contributed by atoms with E-state index >= 15 is 0 Å². The third-order valence-corrected chi connectivity index (χ3v) is 3.39. The lowest BCUT2D eigenvalue weighted by atomic mass is 10.1. The number of carbonyl (C=O) groups is 1. The quantitative estimate of drug-likeness (QED) is 0.767. The Balaban J connectivity index is 1.97. The Bertz CT molecular complexity index is 830. The average molecular weight is 301 g/mol. The molecular weight excluding hydrogens is 291 g/mol. The molecule has 3 nitrogen and oxygen atoms in total. The molecule has 3 aromatic rings. The molecule has 0 aliphatic heterocycles. The van der Waals surface area contributed by atoms with Gasteiger partial charge in [0.1, 0.15) is 5.82 Å². The monoisotopic (exact) mass is 300 g/mol. The van der Waals surface area contributed by atoms with Gasteiger partial charge in [0.05, 0.1) is 21.8 Å². The summed E-state index contributed by atoms with van der Waals surface area (Å²) >= 11 is 5.91. The van der Waals surface area contributed by atoms with Crippen molar-refractivity contribution >= 4 is 34.1 Å². The second kappa shape index (κ2) is 5.50. The number of nitrogens with one attached hydrogen (secondary N) is 1. The molecule has 1 N–H and O–H groups in total. The summed E-state index contributed by atoms with van der Waals surface area (Å²) in [6.07, 6.45) is 1.57. The van der Waals surface area contributed by atoms with Crippen LogP contribution in [0.4, 0.5) is 10.1 Å². The lowest BCUT2D eigenvalue weighted by Crippen LogP contribution is -2.13. The molecule has 0 spiro atoms. The first-order chi connectivity index (χ1) is 10.1. The molecule has 1 heterocycles. The zero-order valence-electron chi connectivity index (χ0n) is 10.8. The molecule has 3 rings (SSSR count). The molecule has 104 valence electrons. The zero-order valence-corrected chi connectivity index (χ0v) is 11.6. The van der Waals surface area contributed by atoms with E-state index in [-0.39, 0.29) is 10.9 Å². The van der Waals surface area contributed by atoms with Gasteiger partial charge >= 0.3 is 0 Å². The summed E-state index contributed by atoms with van der Waals surface area (Å²) in [6.45, 7) is 0. The lowest BCUT2D eigenvalue weighted by Gasteiger charge is -2.09. The first-order valence-electron chi connectivity index (χ1n) is 6.25. The number of hydrogen-bond donors (Lipinski definition) is 1. The Morgan fingerprint density at radius 1 is 1.14 bits per heavy atom. The highest BCUT2D eigenvalue weighted by molar-refractivity contribution is 6.34. The van der Waals surface area contributed by atoms with Gasteiger partial charge in [-0.05, 0) is 30.3 Å². The fraction of sp³-hybridized carbons (Fsp3) is 0. The summed E-state index contributed by atoms with van der Waals surface area (Å²) in [5.74, 6) is -0.769. The van der Waals surface area contributed by atoms with E-state index in [0.29, 0.717) is 11.3 Å². The minimum Gasteiger partial charge on any atom is -0.321 e. The number of rotatable bonds is 2. The van der Waals surface area contributed by atoms with E-state index in [1.54, 1.807) is 12.3 Å². The highest BCUT2D eigenvalue weighted by Gasteiger charge is 2.12. The normalized spacial score (nSPS) is 10.6. The third-order valence-electron chi connectivity index (χ3n) is 3.07. The summed E-state index contributed by atoms with van der Waals surface area (Å²) in [5, 5.41) is 3.58. The van der Waals surface area contributed by atoms with Crippen LogP contribution in [0.5, 0.6) is 0 Å². The predicted molar refractivity (Wildman–Crippen MR) is 81.1 cm³/mol. The molecule has 0 saturated heterocycles. The van der Waals surface area contributed by atoms with Gasteiger partial charge in [-0.15, -0.1) is 0 Å². The SMILES string of the molecule is O=C(Nc1ccc(F)cc1Cl)c1ccnc2ccccc12. The molecule has 0 bridgehead atoms. The molecule has 0 aliphatic rings. The van der Waals surface area contributed by atoms with Crippen molar-refractivity contribution in [2.45, 2.75) is 0 Å². The third kappa shape index (κ3) is 2.71. The summed E-state index contributed by atoms with van der Waals surface area (Å²) in [7, 11) is 0.